The van der Waals surface area contributed by atoms with E-state index < -0.39 is 5.97 Å². The SMILES string of the molecule is CCCCCCCCCC(C(=O)O)c1ccccc1.[Zn]. The smallest absolute Gasteiger partial charge is 0.310 e. The Bertz CT molecular complexity index is 351. The Balaban J connectivity index is 0.00000361. The Morgan fingerprint density at radius 2 is 1.55 bits per heavy atom. The zero-order valence-electron chi connectivity index (χ0n) is 12.7. The molecule has 1 unspecified atom stereocenters. The van der Waals surface area contributed by atoms with Gasteiger partial charge in [0.1, 0.15) is 0 Å². The van der Waals surface area contributed by atoms with Crippen LogP contribution in [-0.2, 0) is 24.3 Å². The van der Waals surface area contributed by atoms with Gasteiger partial charge in [0.05, 0.1) is 5.92 Å². The van der Waals surface area contributed by atoms with Gasteiger partial charge in [0, 0.05) is 19.5 Å². The molecule has 0 spiro atoms. The van der Waals surface area contributed by atoms with E-state index in [1.165, 1.54) is 32.1 Å². The summed E-state index contributed by atoms with van der Waals surface area (Å²) in [5.74, 6) is -1.03. The van der Waals surface area contributed by atoms with Gasteiger partial charge in [0.25, 0.3) is 0 Å². The standard InChI is InChI=1S/C17H26O2.Zn/c1-2-3-4-5-6-7-11-14-16(17(18)19)15-12-9-8-10-13-15;/h8-10,12-13,16H,2-7,11,14H2,1H3,(H,18,19);. The van der Waals surface area contributed by atoms with Gasteiger partial charge in [-0.2, -0.15) is 0 Å². The number of carbonyl (C=O) groups is 1. The van der Waals surface area contributed by atoms with E-state index in [1.54, 1.807) is 0 Å². The first kappa shape index (κ1) is 19.3. The molecule has 1 N–H and O–H groups in total. The number of rotatable bonds is 10. The third-order valence-corrected chi connectivity index (χ3v) is 3.60. The Morgan fingerprint density at radius 3 is 2.10 bits per heavy atom. The maximum Gasteiger partial charge on any atom is 0.310 e. The molecule has 0 aromatic heterocycles. The second-order valence-electron chi connectivity index (χ2n) is 5.21. The van der Waals surface area contributed by atoms with Crippen molar-refractivity contribution >= 4 is 5.97 Å². The molecule has 3 heteroatoms. The van der Waals surface area contributed by atoms with Crippen molar-refractivity contribution in [2.75, 3.05) is 0 Å². The van der Waals surface area contributed by atoms with Crippen LogP contribution in [0.15, 0.2) is 30.3 Å². The van der Waals surface area contributed by atoms with Crippen molar-refractivity contribution in [2.45, 2.75) is 64.2 Å². The van der Waals surface area contributed by atoms with Crippen LogP contribution in [0.1, 0.15) is 69.8 Å². The van der Waals surface area contributed by atoms with Crippen LogP contribution in [0, 0.1) is 0 Å². The number of aliphatic carboxylic acids is 1. The molecule has 0 bridgehead atoms. The molecule has 20 heavy (non-hydrogen) atoms. The van der Waals surface area contributed by atoms with Crippen LogP contribution in [0.25, 0.3) is 0 Å². The van der Waals surface area contributed by atoms with Crippen LogP contribution < -0.4 is 0 Å². The van der Waals surface area contributed by atoms with E-state index in [9.17, 15) is 9.90 Å². The Kier molecular flexibility index (Phi) is 11.7. The monoisotopic (exact) mass is 326 g/mol. The minimum Gasteiger partial charge on any atom is -0.481 e. The van der Waals surface area contributed by atoms with Gasteiger partial charge in [-0.25, -0.2) is 0 Å². The third-order valence-electron chi connectivity index (χ3n) is 3.60. The molecule has 2 nitrogen and oxygen atoms in total. The first-order chi connectivity index (χ1) is 9.25. The Morgan fingerprint density at radius 1 is 1.00 bits per heavy atom. The molecule has 1 aromatic carbocycles. The summed E-state index contributed by atoms with van der Waals surface area (Å²) in [6.45, 7) is 2.22. The van der Waals surface area contributed by atoms with E-state index in [-0.39, 0.29) is 25.4 Å². The number of unbranched alkanes of at least 4 members (excludes halogenated alkanes) is 6. The van der Waals surface area contributed by atoms with Crippen molar-refractivity contribution in [1.82, 2.24) is 0 Å². The van der Waals surface area contributed by atoms with E-state index in [4.69, 9.17) is 0 Å². The summed E-state index contributed by atoms with van der Waals surface area (Å²) in [6.07, 6.45) is 9.36. The van der Waals surface area contributed by atoms with Crippen LogP contribution in [0.3, 0.4) is 0 Å². The fourth-order valence-electron chi connectivity index (χ4n) is 2.42. The van der Waals surface area contributed by atoms with E-state index in [2.05, 4.69) is 6.92 Å². The topological polar surface area (TPSA) is 37.3 Å². The van der Waals surface area contributed by atoms with Gasteiger partial charge >= 0.3 is 5.97 Å². The van der Waals surface area contributed by atoms with Gasteiger partial charge in [-0.05, 0) is 12.0 Å². The molecule has 1 atom stereocenters. The Hall–Kier alpha value is -0.687. The Labute approximate surface area is 135 Å². The number of hydrogen-bond donors (Lipinski definition) is 1. The maximum atomic E-state index is 11.3. The molecule has 1 rings (SSSR count). The van der Waals surface area contributed by atoms with Crippen molar-refractivity contribution in [3.05, 3.63) is 35.9 Å². The third kappa shape index (κ3) is 7.79. The second-order valence-corrected chi connectivity index (χ2v) is 5.21. The molecular weight excluding hydrogens is 302 g/mol. The summed E-state index contributed by atoms with van der Waals surface area (Å²) in [6, 6.07) is 9.59. The molecular formula is C17H26O2Zn. The average Bonchev–Trinajstić information content (AvgIpc) is 2.42. The predicted octanol–water partition coefficient (Wildman–Crippen LogP) is 4.99. The van der Waals surface area contributed by atoms with Crippen molar-refractivity contribution in [1.29, 1.82) is 0 Å². The molecule has 0 saturated heterocycles. The quantitative estimate of drug-likeness (QED) is 0.485. The number of carboxylic acids is 1. The normalized spacial score (nSPS) is 11.7. The summed E-state index contributed by atoms with van der Waals surface area (Å²) >= 11 is 0. The number of benzene rings is 1. The predicted molar refractivity (Wildman–Crippen MR) is 79.4 cm³/mol. The summed E-state index contributed by atoms with van der Waals surface area (Å²) in [4.78, 5) is 11.3. The van der Waals surface area contributed by atoms with Crippen molar-refractivity contribution in [3.63, 3.8) is 0 Å². The van der Waals surface area contributed by atoms with Gasteiger partial charge in [0.15, 0.2) is 0 Å². The molecule has 0 aliphatic carbocycles. The van der Waals surface area contributed by atoms with Crippen LogP contribution in [-0.4, -0.2) is 11.1 Å². The minimum atomic E-state index is -0.697. The molecule has 0 aliphatic heterocycles. The molecule has 108 valence electrons. The molecule has 1 aromatic rings. The van der Waals surface area contributed by atoms with Gasteiger partial charge in [-0.15, -0.1) is 0 Å². The van der Waals surface area contributed by atoms with E-state index >= 15 is 0 Å². The molecule has 0 heterocycles. The van der Waals surface area contributed by atoms with E-state index in [0.717, 1.165) is 24.8 Å². The van der Waals surface area contributed by atoms with Crippen molar-refractivity contribution in [2.24, 2.45) is 0 Å². The van der Waals surface area contributed by atoms with Crippen LogP contribution >= 0.6 is 0 Å². The van der Waals surface area contributed by atoms with Gasteiger partial charge in [-0.3, -0.25) is 4.79 Å². The van der Waals surface area contributed by atoms with Crippen LogP contribution in [0.5, 0.6) is 0 Å². The first-order valence-corrected chi connectivity index (χ1v) is 7.53. The number of hydrogen-bond acceptors (Lipinski definition) is 1. The summed E-state index contributed by atoms with van der Waals surface area (Å²) in [5, 5.41) is 9.30. The van der Waals surface area contributed by atoms with Gasteiger partial charge in [-0.1, -0.05) is 82.2 Å². The van der Waals surface area contributed by atoms with E-state index in [1.807, 2.05) is 30.3 Å². The van der Waals surface area contributed by atoms with E-state index in [0.29, 0.717) is 0 Å². The van der Waals surface area contributed by atoms with Gasteiger partial charge < -0.3 is 5.11 Å². The summed E-state index contributed by atoms with van der Waals surface area (Å²) in [7, 11) is 0. The summed E-state index contributed by atoms with van der Waals surface area (Å²) in [5.41, 5.74) is 0.931. The number of carboxylic acid groups (broad SMARTS) is 1. The molecule has 0 radical (unpaired) electrons. The van der Waals surface area contributed by atoms with Crippen molar-refractivity contribution < 1.29 is 29.4 Å². The average molecular weight is 328 g/mol. The first-order valence-electron chi connectivity index (χ1n) is 7.53. The fourth-order valence-corrected chi connectivity index (χ4v) is 2.42. The van der Waals surface area contributed by atoms with Gasteiger partial charge in [0.2, 0.25) is 0 Å². The zero-order valence-corrected chi connectivity index (χ0v) is 15.7. The molecule has 0 fully saturated rings. The molecule has 0 saturated carbocycles. The largest absolute Gasteiger partial charge is 0.481 e. The van der Waals surface area contributed by atoms with Crippen LogP contribution in [0.2, 0.25) is 0 Å². The van der Waals surface area contributed by atoms with Crippen LogP contribution in [0.4, 0.5) is 0 Å². The van der Waals surface area contributed by atoms with Crippen molar-refractivity contribution in [3.8, 4) is 0 Å². The molecule has 0 aliphatic rings. The zero-order chi connectivity index (χ0) is 13.9. The maximum absolute atomic E-state index is 11.3. The second kappa shape index (κ2) is 12.1. The molecule has 0 amide bonds. The fraction of sp³-hybridized carbons (Fsp3) is 0.588. The minimum absolute atomic E-state index is 0. The summed E-state index contributed by atoms with van der Waals surface area (Å²) < 4.78 is 0.